The number of methoxy groups -OCH3 is 3. The smallest absolute Gasteiger partial charge is 0.262 e. The van der Waals surface area contributed by atoms with E-state index < -0.39 is 0 Å². The molecular weight excluding hydrogens is 450 g/mol. The minimum absolute atomic E-state index is 0.140. The Morgan fingerprint density at radius 2 is 1.54 bits per heavy atom. The molecule has 0 aliphatic carbocycles. The van der Waals surface area contributed by atoms with Crippen molar-refractivity contribution < 1.29 is 28.5 Å². The molecule has 0 heterocycles. The molecule has 0 saturated heterocycles. The second-order valence-electron chi connectivity index (χ2n) is 7.27. The van der Waals surface area contributed by atoms with Crippen molar-refractivity contribution in [2.24, 2.45) is 5.10 Å². The molecule has 0 saturated carbocycles. The number of anilines is 1. The van der Waals surface area contributed by atoms with E-state index in [1.165, 1.54) is 13.3 Å². The van der Waals surface area contributed by atoms with Crippen molar-refractivity contribution >= 4 is 23.7 Å². The number of carbonyl (C=O) groups is 2. The predicted octanol–water partition coefficient (Wildman–Crippen LogP) is 3.42. The first kappa shape index (κ1) is 25.1. The average molecular weight is 478 g/mol. The monoisotopic (exact) mass is 477 g/mol. The third-order valence-electron chi connectivity index (χ3n) is 4.85. The molecule has 0 fully saturated rings. The maximum Gasteiger partial charge on any atom is 0.262 e. The number of hydrogen-bond donors (Lipinski definition) is 2. The number of nitrogens with zero attached hydrogens (tertiary/aromatic N) is 1. The van der Waals surface area contributed by atoms with E-state index in [1.807, 2.05) is 6.07 Å². The van der Waals surface area contributed by atoms with Gasteiger partial charge in [-0.1, -0.05) is 18.2 Å². The molecule has 9 nitrogen and oxygen atoms in total. The van der Waals surface area contributed by atoms with Gasteiger partial charge in [0.05, 0.1) is 39.7 Å². The molecule has 2 N–H and O–H groups in total. The first-order valence-electron chi connectivity index (χ1n) is 10.7. The molecule has 2 amide bonds. The fourth-order valence-electron chi connectivity index (χ4n) is 3.13. The lowest BCUT2D eigenvalue weighted by Crippen LogP contribution is -2.20. The van der Waals surface area contributed by atoms with Gasteiger partial charge in [-0.3, -0.25) is 9.59 Å². The van der Waals surface area contributed by atoms with Crippen molar-refractivity contribution in [1.29, 1.82) is 0 Å². The number of rotatable bonds is 11. The number of carbonyl (C=O) groups excluding carboxylic acids is 2. The van der Waals surface area contributed by atoms with Crippen LogP contribution in [0, 0.1) is 0 Å². The van der Waals surface area contributed by atoms with Crippen LogP contribution in [0.25, 0.3) is 0 Å². The minimum Gasteiger partial charge on any atom is -0.495 e. The van der Waals surface area contributed by atoms with Crippen molar-refractivity contribution in [1.82, 2.24) is 5.43 Å². The molecule has 0 radical (unpaired) electrons. The highest BCUT2D eigenvalue weighted by molar-refractivity contribution is 5.93. The van der Waals surface area contributed by atoms with Gasteiger partial charge in [0, 0.05) is 0 Å². The van der Waals surface area contributed by atoms with E-state index >= 15 is 0 Å². The Bertz CT molecular complexity index is 1180. The molecule has 0 bridgehead atoms. The van der Waals surface area contributed by atoms with Gasteiger partial charge in [-0.05, 0) is 59.7 Å². The van der Waals surface area contributed by atoms with Crippen LogP contribution in [0.5, 0.6) is 23.0 Å². The Morgan fingerprint density at radius 1 is 0.829 bits per heavy atom. The third-order valence-corrected chi connectivity index (χ3v) is 4.85. The molecule has 0 spiro atoms. The largest absolute Gasteiger partial charge is 0.495 e. The lowest BCUT2D eigenvalue weighted by atomic mass is 10.1. The number of hydrogen-bond acceptors (Lipinski definition) is 7. The Labute approximate surface area is 203 Å². The number of benzene rings is 3. The molecule has 0 aromatic heterocycles. The van der Waals surface area contributed by atoms with Crippen LogP contribution in [0.3, 0.4) is 0 Å². The summed E-state index contributed by atoms with van der Waals surface area (Å²) in [6.07, 6.45) is 1.66. The van der Waals surface area contributed by atoms with Gasteiger partial charge >= 0.3 is 0 Å². The van der Waals surface area contributed by atoms with Crippen LogP contribution in [-0.2, 0) is 16.0 Å². The molecular formula is C26H27N3O6. The quantitative estimate of drug-likeness (QED) is 0.324. The predicted molar refractivity (Wildman–Crippen MR) is 133 cm³/mol. The van der Waals surface area contributed by atoms with Crippen molar-refractivity contribution in [2.75, 3.05) is 33.3 Å². The molecule has 182 valence electrons. The van der Waals surface area contributed by atoms with Gasteiger partial charge in [0.1, 0.15) is 11.5 Å². The van der Waals surface area contributed by atoms with Gasteiger partial charge in [-0.25, -0.2) is 5.43 Å². The summed E-state index contributed by atoms with van der Waals surface area (Å²) in [5.41, 5.74) is 4.59. The molecule has 0 atom stereocenters. The first-order valence-corrected chi connectivity index (χ1v) is 10.7. The van der Waals surface area contributed by atoms with E-state index in [4.69, 9.17) is 18.9 Å². The fraction of sp³-hybridized carbons (Fsp3) is 0.192. The van der Waals surface area contributed by atoms with Crippen LogP contribution in [0.2, 0.25) is 0 Å². The number of ether oxygens (including phenoxy) is 4. The van der Waals surface area contributed by atoms with E-state index in [0.29, 0.717) is 28.7 Å². The van der Waals surface area contributed by atoms with E-state index in [2.05, 4.69) is 15.8 Å². The molecule has 0 unspecified atom stereocenters. The zero-order valence-corrected chi connectivity index (χ0v) is 19.7. The van der Waals surface area contributed by atoms with E-state index in [0.717, 1.165) is 11.1 Å². The van der Waals surface area contributed by atoms with E-state index in [1.54, 1.807) is 74.9 Å². The lowest BCUT2D eigenvalue weighted by molar-refractivity contribution is -0.120. The van der Waals surface area contributed by atoms with Crippen LogP contribution in [0.15, 0.2) is 71.8 Å². The number of nitrogens with one attached hydrogen (secondary N) is 2. The zero-order chi connectivity index (χ0) is 25.0. The van der Waals surface area contributed by atoms with Crippen molar-refractivity contribution in [3.63, 3.8) is 0 Å². The van der Waals surface area contributed by atoms with Gasteiger partial charge in [-0.2, -0.15) is 5.10 Å². The molecule has 3 rings (SSSR count). The van der Waals surface area contributed by atoms with Crippen LogP contribution in [-0.4, -0.2) is 46.0 Å². The van der Waals surface area contributed by atoms with Crippen LogP contribution in [0.4, 0.5) is 5.69 Å². The third kappa shape index (κ3) is 7.50. The summed E-state index contributed by atoms with van der Waals surface area (Å²) in [6.45, 7) is -0.155. The Balaban J connectivity index is 1.45. The number of para-hydroxylation sites is 2. The highest BCUT2D eigenvalue weighted by atomic mass is 16.5. The van der Waals surface area contributed by atoms with E-state index in [9.17, 15) is 9.59 Å². The topological polar surface area (TPSA) is 107 Å². The average Bonchev–Trinajstić information content (AvgIpc) is 2.88. The van der Waals surface area contributed by atoms with Crippen molar-refractivity contribution in [2.45, 2.75) is 6.42 Å². The minimum atomic E-state index is -0.308. The summed E-state index contributed by atoms with van der Waals surface area (Å²) in [5, 5.41) is 6.73. The first-order chi connectivity index (χ1) is 17.0. The molecule has 9 heteroatoms. The molecule has 0 aliphatic heterocycles. The SMILES string of the molecule is COc1ccccc1NC(=O)COc1ccc(/C=N/NC(=O)Cc2ccc(OC)c(OC)c2)cc1. The summed E-state index contributed by atoms with van der Waals surface area (Å²) in [7, 11) is 4.63. The lowest BCUT2D eigenvalue weighted by Gasteiger charge is -2.10. The van der Waals surface area contributed by atoms with E-state index in [-0.39, 0.29) is 24.8 Å². The van der Waals surface area contributed by atoms with Crippen molar-refractivity contribution in [3.8, 4) is 23.0 Å². The van der Waals surface area contributed by atoms with Gasteiger partial charge in [0.25, 0.3) is 5.91 Å². The molecule has 0 aliphatic rings. The van der Waals surface area contributed by atoms with Gasteiger partial charge in [0.15, 0.2) is 18.1 Å². The molecule has 35 heavy (non-hydrogen) atoms. The van der Waals surface area contributed by atoms with Crippen LogP contribution in [0.1, 0.15) is 11.1 Å². The van der Waals surface area contributed by atoms with Crippen LogP contribution < -0.4 is 29.7 Å². The molecule has 3 aromatic carbocycles. The highest BCUT2D eigenvalue weighted by Crippen LogP contribution is 2.27. The normalized spacial score (nSPS) is 10.5. The highest BCUT2D eigenvalue weighted by Gasteiger charge is 2.09. The van der Waals surface area contributed by atoms with Crippen molar-refractivity contribution in [3.05, 3.63) is 77.9 Å². The fourth-order valence-corrected chi connectivity index (χ4v) is 3.13. The molecule has 3 aromatic rings. The van der Waals surface area contributed by atoms with Crippen LogP contribution >= 0.6 is 0 Å². The van der Waals surface area contributed by atoms with Gasteiger partial charge in [0.2, 0.25) is 5.91 Å². The summed E-state index contributed by atoms with van der Waals surface area (Å²) in [4.78, 5) is 24.3. The maximum atomic E-state index is 12.2. The number of hydrazone groups is 1. The van der Waals surface area contributed by atoms with Gasteiger partial charge < -0.3 is 24.3 Å². The second-order valence-corrected chi connectivity index (χ2v) is 7.27. The Kier molecular flexibility index (Phi) is 9.07. The maximum absolute atomic E-state index is 12.2. The zero-order valence-electron chi connectivity index (χ0n) is 19.7. The number of amides is 2. The second kappa shape index (κ2) is 12.6. The Hall–Kier alpha value is -4.53. The summed E-state index contributed by atoms with van der Waals surface area (Å²) >= 11 is 0. The summed E-state index contributed by atoms with van der Waals surface area (Å²) in [6, 6.07) is 19.4. The summed E-state index contributed by atoms with van der Waals surface area (Å²) in [5.74, 6) is 1.67. The summed E-state index contributed by atoms with van der Waals surface area (Å²) < 4.78 is 21.2. The van der Waals surface area contributed by atoms with Gasteiger partial charge in [-0.15, -0.1) is 0 Å². The standard InChI is InChI=1S/C26H27N3O6/c1-32-22-7-5-4-6-21(22)28-26(31)17-35-20-11-8-18(9-12-20)16-27-29-25(30)15-19-10-13-23(33-2)24(14-19)34-3/h4-14,16H,15,17H2,1-3H3,(H,28,31)(H,29,30)/b27-16+. The Morgan fingerprint density at radius 3 is 2.26 bits per heavy atom.